The van der Waals surface area contributed by atoms with Crippen molar-refractivity contribution in [3.05, 3.63) is 57.5 Å². The van der Waals surface area contributed by atoms with Crippen LogP contribution in [-0.4, -0.2) is 28.1 Å². The summed E-state index contributed by atoms with van der Waals surface area (Å²) in [6, 6.07) is 5.73. The second-order valence-electron chi connectivity index (χ2n) is 6.67. The average Bonchev–Trinajstić information content (AvgIpc) is 3.29. The number of carbonyl (C=O) groups excluding carboxylic acids is 1. The maximum Gasteiger partial charge on any atom is 0.253 e. The third kappa shape index (κ3) is 4.71. The molecule has 0 aliphatic heterocycles. The molecule has 0 spiro atoms. The van der Waals surface area contributed by atoms with Gasteiger partial charge in [0.1, 0.15) is 5.82 Å². The van der Waals surface area contributed by atoms with Gasteiger partial charge in [0, 0.05) is 24.0 Å². The first kappa shape index (κ1) is 19.0. The standard InChI is InChI=1S/C19H23N5O2S/c1-12(2)19-22-16(23-26-19)10-21-18(25)14-5-6-17(20-9-14)24(4)11-15-13(3)7-8-27-15/h5-9,12H,10-11H2,1-4H3,(H,21,25). The maximum absolute atomic E-state index is 12.3. The lowest BCUT2D eigenvalue weighted by Crippen LogP contribution is -2.24. The summed E-state index contributed by atoms with van der Waals surface area (Å²) in [5.74, 6) is 1.78. The van der Waals surface area contributed by atoms with Gasteiger partial charge in [-0.15, -0.1) is 11.3 Å². The van der Waals surface area contributed by atoms with Crippen LogP contribution in [0.4, 0.5) is 5.82 Å². The van der Waals surface area contributed by atoms with Crippen LogP contribution in [0.25, 0.3) is 0 Å². The molecule has 0 bridgehead atoms. The number of amides is 1. The number of anilines is 1. The molecular weight excluding hydrogens is 362 g/mol. The fraction of sp³-hybridized carbons (Fsp3) is 0.368. The Morgan fingerprint density at radius 3 is 2.74 bits per heavy atom. The van der Waals surface area contributed by atoms with Gasteiger partial charge in [0.15, 0.2) is 5.82 Å². The van der Waals surface area contributed by atoms with Crippen LogP contribution in [0.1, 0.15) is 52.3 Å². The van der Waals surface area contributed by atoms with Crippen LogP contribution in [0.5, 0.6) is 0 Å². The summed E-state index contributed by atoms with van der Waals surface area (Å²) < 4.78 is 5.13. The Balaban J connectivity index is 1.57. The van der Waals surface area contributed by atoms with Crippen molar-refractivity contribution in [1.82, 2.24) is 20.4 Å². The molecule has 0 unspecified atom stereocenters. The van der Waals surface area contributed by atoms with Crippen molar-refractivity contribution in [1.29, 1.82) is 0 Å². The molecule has 0 fully saturated rings. The second-order valence-corrected chi connectivity index (χ2v) is 7.67. The van der Waals surface area contributed by atoms with Crippen molar-refractivity contribution in [2.75, 3.05) is 11.9 Å². The van der Waals surface area contributed by atoms with Crippen molar-refractivity contribution in [3.8, 4) is 0 Å². The van der Waals surface area contributed by atoms with Gasteiger partial charge in [-0.3, -0.25) is 4.79 Å². The summed E-state index contributed by atoms with van der Waals surface area (Å²) in [7, 11) is 1.99. The van der Waals surface area contributed by atoms with Gasteiger partial charge in [0.2, 0.25) is 5.89 Å². The molecule has 3 rings (SSSR count). The van der Waals surface area contributed by atoms with Crippen LogP contribution in [0.3, 0.4) is 0 Å². The minimum Gasteiger partial charge on any atom is -0.355 e. The molecular formula is C19H23N5O2S. The Hall–Kier alpha value is -2.74. The summed E-state index contributed by atoms with van der Waals surface area (Å²) >= 11 is 1.74. The Bertz CT molecular complexity index is 901. The fourth-order valence-corrected chi connectivity index (χ4v) is 3.40. The number of nitrogens with one attached hydrogen (secondary N) is 1. The number of hydrogen-bond donors (Lipinski definition) is 1. The van der Waals surface area contributed by atoms with E-state index in [0.29, 0.717) is 17.3 Å². The molecule has 142 valence electrons. The van der Waals surface area contributed by atoms with Gasteiger partial charge in [0.25, 0.3) is 5.91 Å². The Morgan fingerprint density at radius 1 is 1.33 bits per heavy atom. The van der Waals surface area contributed by atoms with Gasteiger partial charge in [-0.1, -0.05) is 19.0 Å². The largest absolute Gasteiger partial charge is 0.355 e. The van der Waals surface area contributed by atoms with Crippen molar-refractivity contribution in [2.45, 2.75) is 39.8 Å². The number of rotatable bonds is 7. The number of thiophene rings is 1. The first-order valence-electron chi connectivity index (χ1n) is 8.75. The highest BCUT2D eigenvalue weighted by atomic mass is 32.1. The highest BCUT2D eigenvalue weighted by molar-refractivity contribution is 7.10. The summed E-state index contributed by atoms with van der Waals surface area (Å²) in [6.07, 6.45) is 1.58. The third-order valence-electron chi connectivity index (χ3n) is 4.13. The van der Waals surface area contributed by atoms with E-state index in [2.05, 4.69) is 43.7 Å². The van der Waals surface area contributed by atoms with E-state index in [-0.39, 0.29) is 18.4 Å². The lowest BCUT2D eigenvalue weighted by atomic mass is 10.2. The molecule has 3 heterocycles. The summed E-state index contributed by atoms with van der Waals surface area (Å²) in [4.78, 5) is 24.3. The second kappa shape index (κ2) is 8.30. The van der Waals surface area contributed by atoms with Crippen LogP contribution in [0, 0.1) is 6.92 Å². The molecule has 3 aromatic heterocycles. The Morgan fingerprint density at radius 2 is 2.15 bits per heavy atom. The van der Waals surface area contributed by atoms with Gasteiger partial charge in [-0.25, -0.2) is 4.98 Å². The molecule has 0 saturated carbocycles. The lowest BCUT2D eigenvalue weighted by molar-refractivity contribution is 0.0949. The van der Waals surface area contributed by atoms with E-state index in [4.69, 9.17) is 4.52 Å². The fourth-order valence-electron chi connectivity index (χ4n) is 2.44. The number of hydrogen-bond acceptors (Lipinski definition) is 7. The number of aryl methyl sites for hydroxylation is 1. The molecule has 27 heavy (non-hydrogen) atoms. The van der Waals surface area contributed by atoms with E-state index in [1.54, 1.807) is 23.6 Å². The zero-order valence-electron chi connectivity index (χ0n) is 15.9. The Labute approximate surface area is 162 Å². The monoisotopic (exact) mass is 385 g/mol. The molecule has 0 radical (unpaired) electrons. The van der Waals surface area contributed by atoms with Gasteiger partial charge in [-0.2, -0.15) is 4.98 Å². The zero-order chi connectivity index (χ0) is 19.4. The van der Waals surface area contributed by atoms with Crippen LogP contribution < -0.4 is 10.2 Å². The van der Waals surface area contributed by atoms with Crippen LogP contribution in [-0.2, 0) is 13.1 Å². The van der Waals surface area contributed by atoms with E-state index in [9.17, 15) is 4.79 Å². The molecule has 0 aliphatic rings. The van der Waals surface area contributed by atoms with Crippen molar-refractivity contribution < 1.29 is 9.32 Å². The van der Waals surface area contributed by atoms with E-state index < -0.39 is 0 Å². The molecule has 0 saturated heterocycles. The molecule has 0 atom stereocenters. The SMILES string of the molecule is Cc1ccsc1CN(C)c1ccc(C(=O)NCc2noc(C(C)C)n2)cn1. The number of pyridine rings is 1. The van der Waals surface area contributed by atoms with E-state index in [1.807, 2.05) is 27.0 Å². The summed E-state index contributed by atoms with van der Waals surface area (Å²) in [6.45, 7) is 7.06. The first-order chi connectivity index (χ1) is 12.9. The Kier molecular flexibility index (Phi) is 5.85. The predicted molar refractivity (Wildman–Crippen MR) is 105 cm³/mol. The molecule has 0 aromatic carbocycles. The minimum atomic E-state index is -0.221. The third-order valence-corrected chi connectivity index (χ3v) is 5.14. The van der Waals surface area contributed by atoms with Crippen molar-refractivity contribution >= 4 is 23.1 Å². The first-order valence-corrected chi connectivity index (χ1v) is 9.63. The van der Waals surface area contributed by atoms with Gasteiger partial charge >= 0.3 is 0 Å². The molecule has 8 heteroatoms. The normalized spacial score (nSPS) is 11.0. The van der Waals surface area contributed by atoms with Crippen LogP contribution in [0.15, 0.2) is 34.3 Å². The smallest absolute Gasteiger partial charge is 0.253 e. The number of nitrogens with zero attached hydrogens (tertiary/aromatic N) is 4. The highest BCUT2D eigenvalue weighted by Gasteiger charge is 2.13. The van der Waals surface area contributed by atoms with Gasteiger partial charge in [0.05, 0.1) is 18.7 Å². The quantitative estimate of drug-likeness (QED) is 0.670. The molecule has 7 nitrogen and oxygen atoms in total. The number of aromatic nitrogens is 3. The molecule has 1 amide bonds. The van der Waals surface area contributed by atoms with Crippen molar-refractivity contribution in [2.24, 2.45) is 0 Å². The summed E-state index contributed by atoms with van der Waals surface area (Å²) in [5.41, 5.74) is 1.77. The zero-order valence-corrected chi connectivity index (χ0v) is 16.7. The topological polar surface area (TPSA) is 84.2 Å². The predicted octanol–water partition coefficient (Wildman–Crippen LogP) is 3.52. The van der Waals surface area contributed by atoms with Gasteiger partial charge < -0.3 is 14.7 Å². The number of carbonyl (C=O) groups is 1. The average molecular weight is 385 g/mol. The van der Waals surface area contributed by atoms with Gasteiger partial charge in [-0.05, 0) is 36.1 Å². The molecule has 3 aromatic rings. The van der Waals surface area contributed by atoms with Crippen LogP contribution >= 0.6 is 11.3 Å². The maximum atomic E-state index is 12.3. The molecule has 0 aliphatic carbocycles. The summed E-state index contributed by atoms with van der Waals surface area (Å²) in [5, 5.41) is 8.74. The van der Waals surface area contributed by atoms with Crippen molar-refractivity contribution in [3.63, 3.8) is 0 Å². The van der Waals surface area contributed by atoms with E-state index in [0.717, 1.165) is 12.4 Å². The highest BCUT2D eigenvalue weighted by Crippen LogP contribution is 2.20. The van der Waals surface area contributed by atoms with Crippen LogP contribution in [0.2, 0.25) is 0 Å². The molecule has 1 N–H and O–H groups in total. The van der Waals surface area contributed by atoms with E-state index >= 15 is 0 Å². The van der Waals surface area contributed by atoms with E-state index in [1.165, 1.54) is 10.4 Å². The lowest BCUT2D eigenvalue weighted by Gasteiger charge is -2.18. The minimum absolute atomic E-state index is 0.161.